The molecule has 0 atom stereocenters. The molecule has 2 aromatic rings. The molecule has 2 aromatic carbocycles. The number of hydrogen-bond acceptors (Lipinski definition) is 3. The number of para-hydroxylation sites is 1. The van der Waals surface area contributed by atoms with Crippen molar-refractivity contribution < 1.29 is 9.59 Å². The monoisotopic (exact) mass is 337 g/mol. The summed E-state index contributed by atoms with van der Waals surface area (Å²) in [4.78, 5) is 26.4. The number of anilines is 2. The fourth-order valence-corrected chi connectivity index (χ4v) is 2.68. The average Bonchev–Trinajstić information content (AvgIpc) is 2.83. The SMILES string of the molecule is CN1C(=O)/C(=C(/C#N)C(=O)Nc2ccc(Cl)cc2)c2ccccc21. The number of amides is 2. The third-order valence-electron chi connectivity index (χ3n) is 3.74. The Morgan fingerprint density at radius 3 is 2.50 bits per heavy atom. The number of rotatable bonds is 2. The van der Waals surface area contributed by atoms with Crippen molar-refractivity contribution in [2.24, 2.45) is 0 Å². The second kappa shape index (κ2) is 6.19. The molecule has 118 valence electrons. The van der Waals surface area contributed by atoms with Crippen LogP contribution in [0.4, 0.5) is 11.4 Å². The molecule has 1 N–H and O–H groups in total. The lowest BCUT2D eigenvalue weighted by atomic mass is 10.0. The van der Waals surface area contributed by atoms with Gasteiger partial charge in [-0.3, -0.25) is 9.59 Å². The summed E-state index contributed by atoms with van der Waals surface area (Å²) < 4.78 is 0. The Bertz CT molecular complexity index is 911. The van der Waals surface area contributed by atoms with E-state index in [1.165, 1.54) is 4.90 Å². The van der Waals surface area contributed by atoms with Crippen molar-refractivity contribution in [2.75, 3.05) is 17.3 Å². The Labute approximate surface area is 143 Å². The van der Waals surface area contributed by atoms with E-state index in [9.17, 15) is 14.9 Å². The van der Waals surface area contributed by atoms with Crippen LogP contribution in [0.2, 0.25) is 5.02 Å². The van der Waals surface area contributed by atoms with E-state index < -0.39 is 5.91 Å². The molecule has 24 heavy (non-hydrogen) atoms. The van der Waals surface area contributed by atoms with E-state index in [4.69, 9.17) is 11.6 Å². The van der Waals surface area contributed by atoms with Crippen LogP contribution in [-0.2, 0) is 9.59 Å². The topological polar surface area (TPSA) is 73.2 Å². The Hall–Kier alpha value is -3.10. The second-order valence-corrected chi connectivity index (χ2v) is 5.64. The Kier molecular flexibility index (Phi) is 4.07. The van der Waals surface area contributed by atoms with Gasteiger partial charge >= 0.3 is 0 Å². The molecule has 1 heterocycles. The minimum absolute atomic E-state index is 0.113. The lowest BCUT2D eigenvalue weighted by Crippen LogP contribution is -2.23. The van der Waals surface area contributed by atoms with E-state index >= 15 is 0 Å². The van der Waals surface area contributed by atoms with Gasteiger partial charge in [0.2, 0.25) is 0 Å². The highest BCUT2D eigenvalue weighted by atomic mass is 35.5. The highest BCUT2D eigenvalue weighted by Crippen LogP contribution is 2.37. The minimum Gasteiger partial charge on any atom is -0.321 e. The van der Waals surface area contributed by atoms with Crippen LogP contribution in [0.5, 0.6) is 0 Å². The van der Waals surface area contributed by atoms with Crippen LogP contribution in [0, 0.1) is 11.3 Å². The zero-order chi connectivity index (χ0) is 17.3. The van der Waals surface area contributed by atoms with Gasteiger partial charge in [0, 0.05) is 23.3 Å². The predicted octanol–water partition coefficient (Wildman–Crippen LogP) is 3.23. The van der Waals surface area contributed by atoms with Gasteiger partial charge in [-0.2, -0.15) is 5.26 Å². The van der Waals surface area contributed by atoms with Crippen molar-refractivity contribution in [3.63, 3.8) is 0 Å². The van der Waals surface area contributed by atoms with Crippen molar-refractivity contribution in [1.82, 2.24) is 0 Å². The first-order valence-corrected chi connectivity index (χ1v) is 7.49. The van der Waals surface area contributed by atoms with Crippen molar-refractivity contribution in [2.45, 2.75) is 0 Å². The molecule has 0 saturated carbocycles. The number of nitriles is 1. The lowest BCUT2D eigenvalue weighted by molar-refractivity contribution is -0.114. The van der Waals surface area contributed by atoms with E-state index in [1.54, 1.807) is 55.6 Å². The molecule has 1 aliphatic rings. The van der Waals surface area contributed by atoms with Gasteiger partial charge in [0.1, 0.15) is 11.6 Å². The molecule has 1 aliphatic heterocycles. The fraction of sp³-hybridized carbons (Fsp3) is 0.0556. The average molecular weight is 338 g/mol. The molecule has 0 radical (unpaired) electrons. The highest BCUT2D eigenvalue weighted by molar-refractivity contribution is 6.37. The van der Waals surface area contributed by atoms with Gasteiger partial charge in [-0.05, 0) is 30.3 Å². The molecule has 0 aromatic heterocycles. The third kappa shape index (κ3) is 2.64. The van der Waals surface area contributed by atoms with Crippen LogP contribution in [0.1, 0.15) is 5.56 Å². The van der Waals surface area contributed by atoms with Crippen LogP contribution in [0.25, 0.3) is 5.57 Å². The number of halogens is 1. The molecule has 0 aliphatic carbocycles. The molecule has 0 unspecified atom stereocenters. The zero-order valence-corrected chi connectivity index (χ0v) is 13.5. The number of nitrogens with one attached hydrogen (secondary N) is 1. The molecular weight excluding hydrogens is 326 g/mol. The van der Waals surface area contributed by atoms with E-state index in [2.05, 4.69) is 5.32 Å². The predicted molar refractivity (Wildman–Crippen MR) is 92.5 cm³/mol. The molecule has 3 rings (SSSR count). The molecule has 0 spiro atoms. The second-order valence-electron chi connectivity index (χ2n) is 5.20. The van der Waals surface area contributed by atoms with Crippen LogP contribution in [0.15, 0.2) is 54.1 Å². The van der Waals surface area contributed by atoms with Crippen LogP contribution in [0.3, 0.4) is 0 Å². The van der Waals surface area contributed by atoms with Gasteiger partial charge in [0.15, 0.2) is 0 Å². The van der Waals surface area contributed by atoms with Crippen molar-refractivity contribution >= 4 is 40.4 Å². The number of fused-ring (bicyclic) bond motifs is 1. The largest absolute Gasteiger partial charge is 0.321 e. The van der Waals surface area contributed by atoms with Crippen molar-refractivity contribution in [3.05, 3.63) is 64.7 Å². The molecule has 5 nitrogen and oxygen atoms in total. The normalized spacial score (nSPS) is 14.9. The van der Waals surface area contributed by atoms with Gasteiger partial charge < -0.3 is 10.2 Å². The van der Waals surface area contributed by atoms with Crippen LogP contribution < -0.4 is 10.2 Å². The van der Waals surface area contributed by atoms with E-state index in [0.717, 1.165) is 0 Å². The Morgan fingerprint density at radius 1 is 1.17 bits per heavy atom. The van der Waals surface area contributed by atoms with Gasteiger partial charge in [0.25, 0.3) is 11.8 Å². The number of benzene rings is 2. The molecule has 6 heteroatoms. The maximum atomic E-state index is 12.5. The van der Waals surface area contributed by atoms with Gasteiger partial charge in [-0.15, -0.1) is 0 Å². The van der Waals surface area contributed by atoms with E-state index in [0.29, 0.717) is 22.0 Å². The molecule has 0 fully saturated rings. The molecular formula is C18H12ClN3O2. The first-order chi connectivity index (χ1) is 11.5. The van der Waals surface area contributed by atoms with Crippen molar-refractivity contribution in [1.29, 1.82) is 5.26 Å². The molecule has 0 saturated heterocycles. The van der Waals surface area contributed by atoms with E-state index in [1.807, 2.05) is 6.07 Å². The number of likely N-dealkylation sites (N-methyl/N-ethyl adjacent to an activating group) is 1. The van der Waals surface area contributed by atoms with Crippen LogP contribution in [-0.4, -0.2) is 18.9 Å². The summed E-state index contributed by atoms with van der Waals surface area (Å²) in [5.74, 6) is -1.01. The third-order valence-corrected chi connectivity index (χ3v) is 4.00. The summed E-state index contributed by atoms with van der Waals surface area (Å²) >= 11 is 5.81. The number of carbonyl (C=O) groups excluding carboxylic acids is 2. The van der Waals surface area contributed by atoms with Crippen molar-refractivity contribution in [3.8, 4) is 6.07 Å². The summed E-state index contributed by atoms with van der Waals surface area (Å²) in [6.07, 6.45) is 0. The quantitative estimate of drug-likeness (QED) is 0.675. The first-order valence-electron chi connectivity index (χ1n) is 7.11. The zero-order valence-electron chi connectivity index (χ0n) is 12.7. The van der Waals surface area contributed by atoms with Gasteiger partial charge in [0.05, 0.1) is 11.3 Å². The summed E-state index contributed by atoms with van der Waals surface area (Å²) in [6.45, 7) is 0. The first kappa shape index (κ1) is 15.8. The fourth-order valence-electron chi connectivity index (χ4n) is 2.56. The summed E-state index contributed by atoms with van der Waals surface area (Å²) in [5, 5.41) is 12.6. The number of carbonyl (C=O) groups is 2. The van der Waals surface area contributed by atoms with Gasteiger partial charge in [-0.1, -0.05) is 29.8 Å². The summed E-state index contributed by atoms with van der Waals surface area (Å²) in [7, 11) is 1.61. The summed E-state index contributed by atoms with van der Waals surface area (Å²) in [6, 6.07) is 15.4. The number of nitrogens with zero attached hydrogens (tertiary/aromatic N) is 2. The molecule has 2 amide bonds. The Morgan fingerprint density at radius 2 is 1.83 bits per heavy atom. The van der Waals surface area contributed by atoms with Gasteiger partial charge in [-0.25, -0.2) is 0 Å². The maximum absolute atomic E-state index is 12.5. The Balaban J connectivity index is 2.03. The maximum Gasteiger partial charge on any atom is 0.267 e. The van der Waals surface area contributed by atoms with E-state index in [-0.39, 0.29) is 17.1 Å². The number of hydrogen-bond donors (Lipinski definition) is 1. The molecule has 0 bridgehead atoms. The standard InChI is InChI=1S/C18H12ClN3O2/c1-22-15-5-3-2-4-13(15)16(18(22)24)14(10-20)17(23)21-12-8-6-11(19)7-9-12/h2-9H,1H3,(H,21,23)/b16-14-. The van der Waals surface area contributed by atoms with Crippen LogP contribution >= 0.6 is 11.6 Å². The summed E-state index contributed by atoms with van der Waals surface area (Å²) in [5.41, 5.74) is 1.64. The smallest absolute Gasteiger partial charge is 0.267 e. The lowest BCUT2D eigenvalue weighted by Gasteiger charge is -2.08. The highest BCUT2D eigenvalue weighted by Gasteiger charge is 2.34. The minimum atomic E-state index is -0.631.